The summed E-state index contributed by atoms with van der Waals surface area (Å²) in [6, 6.07) is 3.44. The van der Waals surface area contributed by atoms with E-state index >= 15 is 0 Å². The highest BCUT2D eigenvalue weighted by atomic mass is 32.2. The number of anilines is 1. The molecule has 2 aliphatic rings. The molecule has 0 N–H and O–H groups in total. The fourth-order valence-corrected chi connectivity index (χ4v) is 4.37. The van der Waals surface area contributed by atoms with E-state index < -0.39 is 9.84 Å². The molecule has 116 valence electrons. The Labute approximate surface area is 124 Å². The number of aromatic nitrogens is 1. The lowest BCUT2D eigenvalue weighted by molar-refractivity contribution is 0.182. The minimum absolute atomic E-state index is 0.266. The lowest BCUT2D eigenvalue weighted by Gasteiger charge is -2.40. The van der Waals surface area contributed by atoms with Gasteiger partial charge in [0.15, 0.2) is 21.5 Å². The Balaban J connectivity index is 1.57. The largest absolute Gasteiger partial charge is 0.354 e. The second-order valence-corrected chi connectivity index (χ2v) is 8.02. The number of nitrogens with zero attached hydrogens (tertiary/aromatic N) is 3. The molecule has 3 rings (SSSR count). The summed E-state index contributed by atoms with van der Waals surface area (Å²) < 4.78 is 36.7. The molecular weight excluding hydrogens is 293 g/mol. The van der Waals surface area contributed by atoms with E-state index in [1.807, 2.05) is 4.90 Å². The first-order chi connectivity index (χ1) is 10.1. The van der Waals surface area contributed by atoms with Crippen molar-refractivity contribution in [3.8, 4) is 0 Å². The van der Waals surface area contributed by atoms with Gasteiger partial charge >= 0.3 is 0 Å². The second-order valence-electron chi connectivity index (χ2n) is 5.71. The van der Waals surface area contributed by atoms with Gasteiger partial charge in [0.05, 0.1) is 11.5 Å². The molecular formula is C14H20FN3O2S. The van der Waals surface area contributed by atoms with Gasteiger partial charge < -0.3 is 4.90 Å². The first kappa shape index (κ1) is 14.7. The maximum absolute atomic E-state index is 13.7. The van der Waals surface area contributed by atoms with E-state index in [2.05, 4.69) is 9.88 Å². The molecule has 0 bridgehead atoms. The van der Waals surface area contributed by atoms with Gasteiger partial charge in [-0.25, -0.2) is 17.8 Å². The third-order valence-corrected chi connectivity index (χ3v) is 6.01. The fraction of sp³-hybridized carbons (Fsp3) is 0.643. The SMILES string of the molecule is O=S1(=O)CCN(C2CCN(c3ncccc3F)CC2)CC1. The van der Waals surface area contributed by atoms with Crippen LogP contribution in [0.25, 0.3) is 0 Å². The van der Waals surface area contributed by atoms with Crippen molar-refractivity contribution in [2.75, 3.05) is 42.6 Å². The molecule has 2 saturated heterocycles. The molecule has 0 saturated carbocycles. The van der Waals surface area contributed by atoms with Crippen LogP contribution in [-0.2, 0) is 9.84 Å². The van der Waals surface area contributed by atoms with Crippen LogP contribution in [-0.4, -0.2) is 62.0 Å². The van der Waals surface area contributed by atoms with Crippen molar-refractivity contribution in [1.29, 1.82) is 0 Å². The first-order valence-electron chi connectivity index (χ1n) is 7.35. The predicted molar refractivity (Wildman–Crippen MR) is 79.7 cm³/mol. The number of rotatable bonds is 2. The Bertz CT molecular complexity index is 586. The van der Waals surface area contributed by atoms with Gasteiger partial charge in [-0.1, -0.05) is 0 Å². The normalized spacial score (nSPS) is 24.1. The van der Waals surface area contributed by atoms with Gasteiger partial charge in [0.1, 0.15) is 0 Å². The van der Waals surface area contributed by atoms with Crippen LogP contribution in [0.15, 0.2) is 18.3 Å². The third kappa shape index (κ3) is 3.35. The van der Waals surface area contributed by atoms with Crippen LogP contribution >= 0.6 is 0 Å². The average Bonchev–Trinajstić information content (AvgIpc) is 2.48. The van der Waals surface area contributed by atoms with Crippen molar-refractivity contribution in [1.82, 2.24) is 9.88 Å². The molecule has 0 radical (unpaired) electrons. The van der Waals surface area contributed by atoms with Gasteiger partial charge in [0.25, 0.3) is 0 Å². The molecule has 1 aromatic rings. The smallest absolute Gasteiger partial charge is 0.165 e. The summed E-state index contributed by atoms with van der Waals surface area (Å²) in [5.41, 5.74) is 0. The van der Waals surface area contributed by atoms with Gasteiger partial charge in [-0.05, 0) is 25.0 Å². The van der Waals surface area contributed by atoms with Gasteiger partial charge in [-0.3, -0.25) is 4.90 Å². The quantitative estimate of drug-likeness (QED) is 0.813. The summed E-state index contributed by atoms with van der Waals surface area (Å²) in [5, 5.41) is 0. The van der Waals surface area contributed by atoms with Crippen LogP contribution in [0.3, 0.4) is 0 Å². The summed E-state index contributed by atoms with van der Waals surface area (Å²) in [5.74, 6) is 0.682. The van der Waals surface area contributed by atoms with E-state index in [4.69, 9.17) is 0 Å². The number of sulfone groups is 1. The van der Waals surface area contributed by atoms with Crippen molar-refractivity contribution in [3.05, 3.63) is 24.1 Å². The Morgan fingerprint density at radius 1 is 1.14 bits per heavy atom. The lowest BCUT2D eigenvalue weighted by Crippen LogP contribution is -2.50. The van der Waals surface area contributed by atoms with E-state index in [-0.39, 0.29) is 17.3 Å². The summed E-state index contributed by atoms with van der Waals surface area (Å²) in [6.45, 7) is 2.79. The van der Waals surface area contributed by atoms with Gasteiger partial charge in [0.2, 0.25) is 0 Å². The highest BCUT2D eigenvalue weighted by molar-refractivity contribution is 7.91. The zero-order chi connectivity index (χ0) is 14.9. The Morgan fingerprint density at radius 3 is 2.43 bits per heavy atom. The molecule has 2 fully saturated rings. The fourth-order valence-electron chi connectivity index (χ4n) is 3.14. The van der Waals surface area contributed by atoms with E-state index in [1.54, 1.807) is 12.3 Å². The van der Waals surface area contributed by atoms with Crippen LogP contribution in [0.1, 0.15) is 12.8 Å². The highest BCUT2D eigenvalue weighted by Gasteiger charge is 2.30. The van der Waals surface area contributed by atoms with Crippen LogP contribution in [0.2, 0.25) is 0 Å². The zero-order valence-electron chi connectivity index (χ0n) is 11.9. The van der Waals surface area contributed by atoms with E-state index in [1.165, 1.54) is 6.07 Å². The minimum atomic E-state index is -2.83. The van der Waals surface area contributed by atoms with Crippen molar-refractivity contribution >= 4 is 15.7 Å². The number of piperidine rings is 1. The number of hydrogen-bond donors (Lipinski definition) is 0. The van der Waals surface area contributed by atoms with Crippen molar-refractivity contribution < 1.29 is 12.8 Å². The average molecular weight is 313 g/mol. The molecule has 0 atom stereocenters. The summed E-state index contributed by atoms with van der Waals surface area (Å²) >= 11 is 0. The number of pyridine rings is 1. The number of hydrogen-bond acceptors (Lipinski definition) is 5. The molecule has 5 nitrogen and oxygen atoms in total. The topological polar surface area (TPSA) is 53.5 Å². The molecule has 7 heteroatoms. The molecule has 0 aliphatic carbocycles. The molecule has 3 heterocycles. The maximum Gasteiger partial charge on any atom is 0.165 e. The Hall–Kier alpha value is -1.21. The zero-order valence-corrected chi connectivity index (χ0v) is 12.7. The Morgan fingerprint density at radius 2 is 1.81 bits per heavy atom. The van der Waals surface area contributed by atoms with Crippen molar-refractivity contribution in [2.45, 2.75) is 18.9 Å². The first-order valence-corrected chi connectivity index (χ1v) is 9.17. The van der Waals surface area contributed by atoms with E-state index in [9.17, 15) is 12.8 Å². The molecule has 2 aliphatic heterocycles. The molecule has 0 aromatic carbocycles. The maximum atomic E-state index is 13.7. The van der Waals surface area contributed by atoms with Crippen LogP contribution in [0, 0.1) is 5.82 Å². The molecule has 0 unspecified atom stereocenters. The van der Waals surface area contributed by atoms with Crippen molar-refractivity contribution in [2.24, 2.45) is 0 Å². The summed E-state index contributed by atoms with van der Waals surface area (Å²) in [7, 11) is -2.83. The second kappa shape index (κ2) is 5.88. The van der Waals surface area contributed by atoms with Gasteiger partial charge in [0, 0.05) is 38.4 Å². The number of halogens is 1. The molecule has 0 spiro atoms. The van der Waals surface area contributed by atoms with Crippen LogP contribution in [0.5, 0.6) is 0 Å². The van der Waals surface area contributed by atoms with Crippen molar-refractivity contribution in [3.63, 3.8) is 0 Å². The van der Waals surface area contributed by atoms with Gasteiger partial charge in [-0.2, -0.15) is 0 Å². The van der Waals surface area contributed by atoms with Crippen LogP contribution in [0.4, 0.5) is 10.2 Å². The monoisotopic (exact) mass is 313 g/mol. The van der Waals surface area contributed by atoms with Crippen LogP contribution < -0.4 is 4.90 Å². The molecule has 0 amide bonds. The molecule has 21 heavy (non-hydrogen) atoms. The standard InChI is InChI=1S/C14H20FN3O2S/c15-13-2-1-5-16-14(13)18-6-3-12(4-7-18)17-8-10-21(19,20)11-9-17/h1-2,5,12H,3-4,6-11H2. The third-order valence-electron chi connectivity index (χ3n) is 4.40. The predicted octanol–water partition coefficient (Wildman–Crippen LogP) is 0.920. The highest BCUT2D eigenvalue weighted by Crippen LogP contribution is 2.23. The van der Waals surface area contributed by atoms with E-state index in [0.29, 0.717) is 24.9 Å². The van der Waals surface area contributed by atoms with Gasteiger partial charge in [-0.15, -0.1) is 0 Å². The lowest BCUT2D eigenvalue weighted by atomic mass is 10.0. The minimum Gasteiger partial charge on any atom is -0.354 e. The summed E-state index contributed by atoms with van der Waals surface area (Å²) in [6.07, 6.45) is 3.46. The molecule has 1 aromatic heterocycles. The Kier molecular flexibility index (Phi) is 4.12. The van der Waals surface area contributed by atoms with E-state index in [0.717, 1.165) is 25.9 Å². The summed E-state index contributed by atoms with van der Waals surface area (Å²) in [4.78, 5) is 8.37.